The van der Waals surface area contributed by atoms with E-state index in [4.69, 9.17) is 23.2 Å². The zero-order valence-electron chi connectivity index (χ0n) is 7.42. The summed E-state index contributed by atoms with van der Waals surface area (Å²) in [5, 5.41) is 0.495. The highest BCUT2D eigenvalue weighted by Crippen LogP contribution is 2.27. The molecule has 2 nitrogen and oxygen atoms in total. The lowest BCUT2D eigenvalue weighted by atomic mass is 10.1. The third-order valence-electron chi connectivity index (χ3n) is 1.84. The maximum atomic E-state index is 13.5. The van der Waals surface area contributed by atoms with Crippen molar-refractivity contribution < 1.29 is 4.39 Å². The van der Waals surface area contributed by atoms with E-state index in [1.807, 2.05) is 0 Å². The number of hydrogen-bond donors (Lipinski definition) is 0. The standard InChI is InChI=1S/C10H5Cl2FN2/c11-6-1-2-7(8(13)5-6)9-10(12)15-4-3-14-9/h1-5H. The first kappa shape index (κ1) is 10.3. The highest BCUT2D eigenvalue weighted by Gasteiger charge is 2.10. The first-order valence-electron chi connectivity index (χ1n) is 4.10. The second-order valence-corrected chi connectivity index (χ2v) is 3.61. The Labute approximate surface area is 95.7 Å². The summed E-state index contributed by atoms with van der Waals surface area (Å²) in [6.07, 6.45) is 2.90. The lowest BCUT2D eigenvalue weighted by Crippen LogP contribution is -1.90. The minimum absolute atomic E-state index is 0.165. The Balaban J connectivity index is 2.60. The third kappa shape index (κ3) is 2.08. The molecule has 0 saturated carbocycles. The summed E-state index contributed by atoms with van der Waals surface area (Å²) in [6, 6.07) is 4.31. The van der Waals surface area contributed by atoms with Gasteiger partial charge in [-0.1, -0.05) is 23.2 Å². The van der Waals surface area contributed by atoms with Crippen molar-refractivity contribution in [3.8, 4) is 11.3 Å². The molecule has 1 aromatic heterocycles. The summed E-state index contributed by atoms with van der Waals surface area (Å²) >= 11 is 11.4. The Morgan fingerprint density at radius 3 is 2.47 bits per heavy atom. The van der Waals surface area contributed by atoms with Gasteiger partial charge in [-0.05, 0) is 18.2 Å². The van der Waals surface area contributed by atoms with Gasteiger partial charge in [-0.25, -0.2) is 9.37 Å². The summed E-state index contributed by atoms with van der Waals surface area (Å²) in [7, 11) is 0. The van der Waals surface area contributed by atoms with E-state index >= 15 is 0 Å². The fourth-order valence-electron chi connectivity index (χ4n) is 1.18. The topological polar surface area (TPSA) is 25.8 Å². The SMILES string of the molecule is Fc1cc(Cl)ccc1-c1nccnc1Cl. The van der Waals surface area contributed by atoms with Crippen molar-refractivity contribution in [3.05, 3.63) is 46.6 Å². The molecule has 1 heterocycles. The van der Waals surface area contributed by atoms with E-state index in [-0.39, 0.29) is 10.7 Å². The van der Waals surface area contributed by atoms with Gasteiger partial charge in [0.15, 0.2) is 5.15 Å². The Morgan fingerprint density at radius 1 is 1.07 bits per heavy atom. The fourth-order valence-corrected chi connectivity index (χ4v) is 1.55. The molecule has 0 saturated heterocycles. The summed E-state index contributed by atoms with van der Waals surface area (Å²) in [4.78, 5) is 7.78. The predicted molar refractivity (Wildman–Crippen MR) is 57.4 cm³/mol. The molecule has 0 radical (unpaired) electrons. The van der Waals surface area contributed by atoms with E-state index in [0.717, 1.165) is 0 Å². The molecular weight excluding hydrogens is 238 g/mol. The Kier molecular flexibility index (Phi) is 2.84. The molecule has 0 aliphatic rings. The molecule has 1 aromatic carbocycles. The van der Waals surface area contributed by atoms with Crippen LogP contribution in [0.5, 0.6) is 0 Å². The van der Waals surface area contributed by atoms with Gasteiger partial charge >= 0.3 is 0 Å². The number of rotatable bonds is 1. The van der Waals surface area contributed by atoms with Crippen LogP contribution in [0.2, 0.25) is 10.2 Å². The van der Waals surface area contributed by atoms with Crippen LogP contribution < -0.4 is 0 Å². The molecule has 0 bridgehead atoms. The largest absolute Gasteiger partial charge is 0.251 e. The monoisotopic (exact) mass is 242 g/mol. The molecule has 0 aliphatic heterocycles. The first-order valence-corrected chi connectivity index (χ1v) is 4.86. The van der Waals surface area contributed by atoms with E-state index in [1.165, 1.54) is 24.5 Å². The van der Waals surface area contributed by atoms with Crippen LogP contribution in [0.15, 0.2) is 30.6 Å². The fraction of sp³-hybridized carbons (Fsp3) is 0. The van der Waals surface area contributed by atoms with Crippen molar-refractivity contribution in [2.24, 2.45) is 0 Å². The van der Waals surface area contributed by atoms with Crippen molar-refractivity contribution in [2.75, 3.05) is 0 Å². The highest BCUT2D eigenvalue weighted by molar-refractivity contribution is 6.32. The molecule has 0 spiro atoms. The van der Waals surface area contributed by atoms with Crippen LogP contribution >= 0.6 is 23.2 Å². The van der Waals surface area contributed by atoms with Gasteiger partial charge in [-0.3, -0.25) is 4.98 Å². The van der Waals surface area contributed by atoms with Crippen LogP contribution in [0, 0.1) is 5.82 Å². The summed E-state index contributed by atoms with van der Waals surface area (Å²) in [6.45, 7) is 0. The Bertz CT molecular complexity index is 503. The quantitative estimate of drug-likeness (QED) is 0.764. The van der Waals surface area contributed by atoms with Crippen molar-refractivity contribution in [1.29, 1.82) is 0 Å². The molecule has 0 atom stereocenters. The average Bonchev–Trinajstić information content (AvgIpc) is 2.20. The lowest BCUT2D eigenvalue weighted by Gasteiger charge is -2.03. The number of hydrogen-bond acceptors (Lipinski definition) is 2. The molecule has 2 aromatic rings. The van der Waals surface area contributed by atoms with Gasteiger partial charge in [-0.2, -0.15) is 0 Å². The maximum Gasteiger partial charge on any atom is 0.155 e. The average molecular weight is 243 g/mol. The smallest absolute Gasteiger partial charge is 0.155 e. The number of benzene rings is 1. The van der Waals surface area contributed by atoms with Gasteiger partial charge in [0.25, 0.3) is 0 Å². The number of aromatic nitrogens is 2. The lowest BCUT2D eigenvalue weighted by molar-refractivity contribution is 0.630. The molecule has 0 unspecified atom stereocenters. The van der Waals surface area contributed by atoms with Crippen LogP contribution in [0.4, 0.5) is 4.39 Å². The van der Waals surface area contributed by atoms with Crippen LogP contribution in [0.1, 0.15) is 0 Å². The van der Waals surface area contributed by atoms with Crippen LogP contribution in [-0.4, -0.2) is 9.97 Å². The van der Waals surface area contributed by atoms with E-state index in [1.54, 1.807) is 6.07 Å². The number of halogens is 3. The van der Waals surface area contributed by atoms with Gasteiger partial charge in [0.05, 0.1) is 0 Å². The molecule has 15 heavy (non-hydrogen) atoms. The predicted octanol–water partition coefficient (Wildman–Crippen LogP) is 3.59. The molecule has 0 N–H and O–H groups in total. The number of nitrogens with zero attached hydrogens (tertiary/aromatic N) is 2. The van der Waals surface area contributed by atoms with Gasteiger partial charge in [-0.15, -0.1) is 0 Å². The first-order chi connectivity index (χ1) is 7.18. The van der Waals surface area contributed by atoms with Crippen molar-refractivity contribution >= 4 is 23.2 Å². The second kappa shape index (κ2) is 4.13. The maximum absolute atomic E-state index is 13.5. The van der Waals surface area contributed by atoms with Crippen LogP contribution in [0.25, 0.3) is 11.3 Å². The Hall–Kier alpha value is -1.19. The molecule has 76 valence electrons. The van der Waals surface area contributed by atoms with E-state index < -0.39 is 5.82 Å². The van der Waals surface area contributed by atoms with Gasteiger partial charge in [0.1, 0.15) is 11.5 Å². The van der Waals surface area contributed by atoms with E-state index in [0.29, 0.717) is 10.7 Å². The zero-order valence-corrected chi connectivity index (χ0v) is 8.93. The molecule has 5 heteroatoms. The van der Waals surface area contributed by atoms with Crippen LogP contribution in [-0.2, 0) is 0 Å². The van der Waals surface area contributed by atoms with E-state index in [9.17, 15) is 4.39 Å². The Morgan fingerprint density at radius 2 is 1.80 bits per heavy atom. The summed E-state index contributed by atoms with van der Waals surface area (Å²) in [5.41, 5.74) is 0.603. The van der Waals surface area contributed by atoms with E-state index in [2.05, 4.69) is 9.97 Å². The molecule has 0 fully saturated rings. The van der Waals surface area contributed by atoms with Gasteiger partial charge < -0.3 is 0 Å². The highest BCUT2D eigenvalue weighted by atomic mass is 35.5. The second-order valence-electron chi connectivity index (χ2n) is 2.82. The zero-order chi connectivity index (χ0) is 10.8. The van der Waals surface area contributed by atoms with Crippen molar-refractivity contribution in [2.45, 2.75) is 0 Å². The molecular formula is C10H5Cl2FN2. The van der Waals surface area contributed by atoms with Crippen molar-refractivity contribution in [3.63, 3.8) is 0 Å². The van der Waals surface area contributed by atoms with Crippen molar-refractivity contribution in [1.82, 2.24) is 9.97 Å². The minimum atomic E-state index is -0.468. The summed E-state index contributed by atoms with van der Waals surface area (Å²) in [5.74, 6) is -0.468. The van der Waals surface area contributed by atoms with Gasteiger partial charge in [0.2, 0.25) is 0 Å². The van der Waals surface area contributed by atoms with Crippen LogP contribution in [0.3, 0.4) is 0 Å². The third-order valence-corrected chi connectivity index (χ3v) is 2.35. The molecule has 0 amide bonds. The van der Waals surface area contributed by atoms with Gasteiger partial charge in [0, 0.05) is 23.0 Å². The summed E-state index contributed by atoms with van der Waals surface area (Å²) < 4.78 is 13.5. The normalized spacial score (nSPS) is 10.3. The minimum Gasteiger partial charge on any atom is -0.251 e. The molecule has 0 aliphatic carbocycles. The molecule has 2 rings (SSSR count).